The summed E-state index contributed by atoms with van der Waals surface area (Å²) in [6, 6.07) is 0. The van der Waals surface area contributed by atoms with E-state index in [0.717, 1.165) is 56.1 Å². The van der Waals surface area contributed by atoms with Gasteiger partial charge in [0.1, 0.15) is 0 Å². The molecule has 1 N–H and O–H groups in total. The number of hydrogen-bond acceptors (Lipinski definition) is 7. The Kier molecular flexibility index (Phi) is 7.41. The molecule has 8 heteroatoms. The fourth-order valence-electron chi connectivity index (χ4n) is 9.92. The zero-order chi connectivity index (χ0) is 32.6. The van der Waals surface area contributed by atoms with E-state index in [9.17, 15) is 19.5 Å². The fraction of sp³-hybridized carbons (Fsp3) is 0.622. The third-order valence-electron chi connectivity index (χ3n) is 13.2. The molecular weight excluding hydrogens is 568 g/mol. The van der Waals surface area contributed by atoms with Crippen molar-refractivity contribution in [3.63, 3.8) is 0 Å². The summed E-state index contributed by atoms with van der Waals surface area (Å²) in [5, 5.41) is 10.4. The van der Waals surface area contributed by atoms with E-state index in [1.165, 1.54) is 12.7 Å². The number of carbonyl (C=O) groups is 3. The van der Waals surface area contributed by atoms with E-state index in [1.54, 1.807) is 18.6 Å². The van der Waals surface area contributed by atoms with Crippen LogP contribution in [0.5, 0.6) is 0 Å². The van der Waals surface area contributed by atoms with Gasteiger partial charge in [0.15, 0.2) is 11.5 Å². The van der Waals surface area contributed by atoms with E-state index in [-0.39, 0.29) is 44.9 Å². The maximum atomic E-state index is 13.7. The van der Waals surface area contributed by atoms with Crippen LogP contribution in [-0.4, -0.2) is 46.1 Å². The van der Waals surface area contributed by atoms with Crippen LogP contribution in [0.25, 0.3) is 0 Å². The number of aromatic nitrogens is 2. The van der Waals surface area contributed by atoms with Crippen molar-refractivity contribution < 1.29 is 29.0 Å². The van der Waals surface area contributed by atoms with Crippen LogP contribution in [0.4, 0.5) is 0 Å². The first-order valence-electron chi connectivity index (χ1n) is 16.5. The van der Waals surface area contributed by atoms with Gasteiger partial charge in [-0.05, 0) is 105 Å². The van der Waals surface area contributed by atoms with Crippen molar-refractivity contribution in [1.29, 1.82) is 0 Å². The molecule has 0 aliphatic heterocycles. The smallest absolute Gasteiger partial charge is 0.358 e. The van der Waals surface area contributed by atoms with E-state index in [1.807, 2.05) is 11.5 Å². The minimum absolute atomic E-state index is 0.0241. The van der Waals surface area contributed by atoms with Crippen LogP contribution in [0, 0.1) is 33.0 Å². The second-order valence-corrected chi connectivity index (χ2v) is 15.6. The number of methoxy groups -OCH3 is 1. The molecule has 1 aromatic heterocycles. The zero-order valence-corrected chi connectivity index (χ0v) is 27.9. The van der Waals surface area contributed by atoms with E-state index >= 15 is 0 Å². The number of nitrogens with zero attached hydrogens (tertiary/aromatic N) is 2. The molecule has 6 atom stereocenters. The van der Waals surface area contributed by atoms with Gasteiger partial charge in [0.2, 0.25) is 5.78 Å². The third kappa shape index (κ3) is 4.60. The highest BCUT2D eigenvalue weighted by molar-refractivity contribution is 6.06. The van der Waals surface area contributed by atoms with Gasteiger partial charge in [-0.3, -0.25) is 9.59 Å². The first-order valence-corrected chi connectivity index (χ1v) is 16.5. The molecule has 3 saturated carbocycles. The number of aliphatic hydroxyl groups excluding tert-OH is 1. The SMILES string of the molecule is COC(=O)c1cn(CCCOC(=O)[C@]2(C)CC[C@]3(C)CC[C@]4(C)C5=CC=C6C(=CC(=O)C(O)=C6C)[C@]5(C)CC[C@@]4(C)[C@@H]3C2)cn1. The van der Waals surface area contributed by atoms with Crippen molar-refractivity contribution in [2.45, 2.75) is 99.5 Å². The molecule has 5 aliphatic carbocycles. The number of fused-ring (bicyclic) bond motifs is 7. The third-order valence-corrected chi connectivity index (χ3v) is 13.2. The Morgan fingerprint density at radius 1 is 1.04 bits per heavy atom. The van der Waals surface area contributed by atoms with Gasteiger partial charge in [-0.1, -0.05) is 45.4 Å². The zero-order valence-electron chi connectivity index (χ0n) is 27.9. The molecule has 3 fully saturated rings. The van der Waals surface area contributed by atoms with Crippen LogP contribution in [0.1, 0.15) is 103 Å². The summed E-state index contributed by atoms with van der Waals surface area (Å²) < 4.78 is 12.5. The molecule has 6 rings (SSSR count). The Balaban J connectivity index is 1.21. The molecule has 0 spiro atoms. The maximum absolute atomic E-state index is 13.7. The average Bonchev–Trinajstić information content (AvgIpc) is 3.49. The minimum atomic E-state index is -0.551. The Morgan fingerprint density at radius 2 is 1.78 bits per heavy atom. The average molecular weight is 617 g/mol. The van der Waals surface area contributed by atoms with E-state index < -0.39 is 11.4 Å². The standard InChI is InChI=1S/C37H48N2O6/c1-23-24-9-10-28-35(4,25(24)19-27(40)30(23)41)14-16-37(6)29-20-34(3,12-11-33(29,2)13-15-36(28,37)5)32(43)45-18-8-17-39-21-26(38-22-39)31(42)44-7/h9-10,19,21-22,29,41H,8,11-18,20H2,1-7H3/t29-,33-,34-,35+,36-,37+/m1/s1. The normalized spacial score (nSPS) is 37.3. The molecule has 0 amide bonds. The van der Waals surface area contributed by atoms with Crippen LogP contribution in [0.3, 0.4) is 0 Å². The molecule has 0 unspecified atom stereocenters. The van der Waals surface area contributed by atoms with Crippen LogP contribution >= 0.6 is 0 Å². The number of aryl methyl sites for hydroxylation is 1. The van der Waals surface area contributed by atoms with Crippen molar-refractivity contribution in [2.24, 2.45) is 33.0 Å². The van der Waals surface area contributed by atoms with Crippen LogP contribution in [0.2, 0.25) is 0 Å². The van der Waals surface area contributed by atoms with Gasteiger partial charge < -0.3 is 19.1 Å². The second kappa shape index (κ2) is 10.6. The molecule has 1 heterocycles. The van der Waals surface area contributed by atoms with E-state index in [0.29, 0.717) is 31.1 Å². The van der Waals surface area contributed by atoms with Gasteiger partial charge in [-0.15, -0.1) is 0 Å². The van der Waals surface area contributed by atoms with Crippen LogP contribution in [0.15, 0.2) is 58.8 Å². The summed E-state index contributed by atoms with van der Waals surface area (Å²) in [5.41, 5.74) is 3.57. The van der Waals surface area contributed by atoms with Gasteiger partial charge in [-0.25, -0.2) is 9.78 Å². The predicted octanol–water partition coefficient (Wildman–Crippen LogP) is 7.23. The van der Waals surface area contributed by atoms with Gasteiger partial charge in [0.05, 0.1) is 25.5 Å². The Hall–Kier alpha value is -3.42. The molecule has 5 aliphatic rings. The van der Waals surface area contributed by atoms with Crippen molar-refractivity contribution in [2.75, 3.05) is 13.7 Å². The lowest BCUT2D eigenvalue weighted by molar-refractivity contribution is -0.182. The van der Waals surface area contributed by atoms with Crippen molar-refractivity contribution in [3.05, 3.63) is 64.5 Å². The Bertz CT molecular complexity index is 1590. The number of allylic oxidation sites excluding steroid dienone is 7. The molecule has 0 aromatic carbocycles. The van der Waals surface area contributed by atoms with Gasteiger partial charge >= 0.3 is 11.9 Å². The molecule has 0 saturated heterocycles. The molecule has 0 radical (unpaired) electrons. The second-order valence-electron chi connectivity index (χ2n) is 15.6. The molecule has 242 valence electrons. The van der Waals surface area contributed by atoms with Gasteiger partial charge in [0, 0.05) is 23.7 Å². The monoisotopic (exact) mass is 616 g/mol. The summed E-state index contributed by atoms with van der Waals surface area (Å²) >= 11 is 0. The fourth-order valence-corrected chi connectivity index (χ4v) is 9.92. The van der Waals surface area contributed by atoms with Crippen molar-refractivity contribution in [3.8, 4) is 0 Å². The topological polar surface area (TPSA) is 108 Å². The van der Waals surface area contributed by atoms with Crippen molar-refractivity contribution >= 4 is 17.7 Å². The number of imidazole rings is 1. The lowest BCUT2D eigenvalue weighted by Gasteiger charge is -2.70. The first-order chi connectivity index (χ1) is 21.1. The quantitative estimate of drug-likeness (QED) is 0.265. The summed E-state index contributed by atoms with van der Waals surface area (Å²) in [4.78, 5) is 42.3. The summed E-state index contributed by atoms with van der Waals surface area (Å²) in [5.74, 6) is -0.675. The Morgan fingerprint density at radius 3 is 2.51 bits per heavy atom. The molecule has 45 heavy (non-hydrogen) atoms. The van der Waals surface area contributed by atoms with Crippen LogP contribution < -0.4 is 0 Å². The largest absolute Gasteiger partial charge is 0.504 e. The first kappa shape index (κ1) is 31.6. The summed E-state index contributed by atoms with van der Waals surface area (Å²) in [6.45, 7) is 14.5. The van der Waals surface area contributed by atoms with E-state index in [2.05, 4.69) is 51.8 Å². The maximum Gasteiger partial charge on any atom is 0.358 e. The lowest BCUT2D eigenvalue weighted by atomic mass is 9.34. The summed E-state index contributed by atoms with van der Waals surface area (Å²) in [6.07, 6.45) is 16.7. The van der Waals surface area contributed by atoms with Crippen LogP contribution in [-0.2, 0) is 25.6 Å². The van der Waals surface area contributed by atoms with Gasteiger partial charge in [-0.2, -0.15) is 0 Å². The number of ether oxygens (including phenoxy) is 2. The highest BCUT2D eigenvalue weighted by atomic mass is 16.5. The number of ketones is 1. The summed E-state index contributed by atoms with van der Waals surface area (Å²) in [7, 11) is 1.33. The number of aliphatic hydroxyl groups is 1. The highest BCUT2D eigenvalue weighted by Gasteiger charge is 2.67. The van der Waals surface area contributed by atoms with Crippen molar-refractivity contribution in [1.82, 2.24) is 9.55 Å². The molecule has 8 nitrogen and oxygen atoms in total. The minimum Gasteiger partial charge on any atom is -0.504 e. The Labute approximate surface area is 266 Å². The van der Waals surface area contributed by atoms with Gasteiger partial charge in [0.25, 0.3) is 0 Å². The number of carbonyl (C=O) groups excluding carboxylic acids is 3. The number of hydrogen-bond donors (Lipinski definition) is 1. The number of esters is 2. The lowest BCUT2D eigenvalue weighted by Crippen LogP contribution is -2.62. The highest BCUT2D eigenvalue weighted by Crippen LogP contribution is 2.75. The number of rotatable bonds is 6. The predicted molar refractivity (Wildman–Crippen MR) is 170 cm³/mol. The molecule has 1 aromatic rings. The van der Waals surface area contributed by atoms with E-state index in [4.69, 9.17) is 9.47 Å². The molecular formula is C37H48N2O6. The molecule has 0 bridgehead atoms.